The number of nitrogens with two attached hydrogens (primary N) is 1. The molecule has 2 N–H and O–H groups in total. The number of hydrogen-bond acceptors (Lipinski definition) is 4. The second-order valence-corrected chi connectivity index (χ2v) is 5.15. The van der Waals surface area contributed by atoms with E-state index >= 15 is 0 Å². The molecule has 0 aliphatic heterocycles. The van der Waals surface area contributed by atoms with Gasteiger partial charge in [0.05, 0.1) is 10.7 Å². The Morgan fingerprint density at radius 1 is 1.10 bits per heavy atom. The Labute approximate surface area is 125 Å². The molecule has 4 nitrogen and oxygen atoms in total. The lowest BCUT2D eigenvalue weighted by Crippen LogP contribution is -1.85. The molecule has 0 unspecified atom stereocenters. The Morgan fingerprint density at radius 2 is 1.95 bits per heavy atom. The highest BCUT2D eigenvalue weighted by atomic mass is 35.5. The van der Waals surface area contributed by atoms with Gasteiger partial charge in [0, 0.05) is 17.6 Å². The molecule has 2 heterocycles. The van der Waals surface area contributed by atoms with Crippen molar-refractivity contribution in [3.8, 4) is 11.6 Å². The normalized spacial score (nSPS) is 11.3. The fourth-order valence-electron chi connectivity index (χ4n) is 2.36. The minimum absolute atomic E-state index is 0.462. The fraction of sp³-hybridized carbons (Fsp3) is 0. The van der Waals surface area contributed by atoms with Gasteiger partial charge >= 0.3 is 0 Å². The first-order valence-corrected chi connectivity index (χ1v) is 6.80. The van der Waals surface area contributed by atoms with Crippen LogP contribution in [0.2, 0.25) is 5.02 Å². The summed E-state index contributed by atoms with van der Waals surface area (Å²) in [5.41, 5.74) is 8.23. The molecular formula is C16H10ClN3O. The van der Waals surface area contributed by atoms with Crippen LogP contribution in [0, 0.1) is 0 Å². The lowest BCUT2D eigenvalue weighted by molar-refractivity contribution is 0.618. The molecule has 5 heteroatoms. The molecule has 0 saturated heterocycles. The monoisotopic (exact) mass is 295 g/mol. The van der Waals surface area contributed by atoms with Gasteiger partial charge in [-0.3, -0.25) is 4.98 Å². The number of nitrogens with zero attached hydrogens (tertiary/aromatic N) is 2. The number of fused-ring (bicyclic) bond motifs is 2. The highest BCUT2D eigenvalue weighted by Gasteiger charge is 2.13. The maximum Gasteiger partial charge on any atom is 0.246 e. The minimum Gasteiger partial charge on any atom is -0.435 e. The number of halogens is 1. The zero-order valence-corrected chi connectivity index (χ0v) is 11.6. The lowest BCUT2D eigenvalue weighted by atomic mass is 10.1. The molecule has 0 fully saturated rings. The van der Waals surface area contributed by atoms with E-state index in [2.05, 4.69) is 9.97 Å². The predicted octanol–water partition coefficient (Wildman–Crippen LogP) is 4.28. The standard InChI is InChI=1S/C16H10ClN3O/c17-11-7-13-14(8-12(11)18)21-16(20-13)15-10-4-2-1-3-9(10)5-6-19-15/h1-8H,18H2. The smallest absolute Gasteiger partial charge is 0.246 e. The molecule has 0 aliphatic rings. The topological polar surface area (TPSA) is 64.9 Å². The average molecular weight is 296 g/mol. The Kier molecular flexibility index (Phi) is 2.59. The van der Waals surface area contributed by atoms with Gasteiger partial charge in [-0.05, 0) is 17.5 Å². The van der Waals surface area contributed by atoms with Crippen molar-refractivity contribution in [3.63, 3.8) is 0 Å². The van der Waals surface area contributed by atoms with Gasteiger partial charge in [-0.1, -0.05) is 35.9 Å². The van der Waals surface area contributed by atoms with Crippen molar-refractivity contribution in [2.45, 2.75) is 0 Å². The van der Waals surface area contributed by atoms with E-state index < -0.39 is 0 Å². The first-order valence-electron chi connectivity index (χ1n) is 6.42. The number of pyridine rings is 1. The van der Waals surface area contributed by atoms with E-state index in [1.165, 1.54) is 0 Å². The summed E-state index contributed by atoms with van der Waals surface area (Å²) in [6.07, 6.45) is 1.74. The third-order valence-corrected chi connectivity index (χ3v) is 3.71. The summed E-state index contributed by atoms with van der Waals surface area (Å²) in [7, 11) is 0. The van der Waals surface area contributed by atoms with Crippen molar-refractivity contribution in [3.05, 3.63) is 53.7 Å². The fourth-order valence-corrected chi connectivity index (χ4v) is 2.51. The molecular weight excluding hydrogens is 286 g/mol. The molecule has 0 bridgehead atoms. The average Bonchev–Trinajstić information content (AvgIpc) is 2.90. The molecule has 4 rings (SSSR count). The van der Waals surface area contributed by atoms with E-state index in [-0.39, 0.29) is 0 Å². The van der Waals surface area contributed by atoms with Crippen LogP contribution in [0.4, 0.5) is 5.69 Å². The van der Waals surface area contributed by atoms with Gasteiger partial charge in [0.25, 0.3) is 0 Å². The maximum atomic E-state index is 6.02. The third-order valence-electron chi connectivity index (χ3n) is 3.38. The summed E-state index contributed by atoms with van der Waals surface area (Å²) >= 11 is 6.02. The summed E-state index contributed by atoms with van der Waals surface area (Å²) < 4.78 is 5.79. The van der Waals surface area contributed by atoms with Crippen LogP contribution >= 0.6 is 11.6 Å². The van der Waals surface area contributed by atoms with Gasteiger partial charge in [0.15, 0.2) is 5.58 Å². The van der Waals surface area contributed by atoms with Crippen LogP contribution in [0.5, 0.6) is 0 Å². The van der Waals surface area contributed by atoms with Crippen molar-refractivity contribution >= 4 is 39.2 Å². The van der Waals surface area contributed by atoms with E-state index in [0.29, 0.717) is 33.4 Å². The van der Waals surface area contributed by atoms with Gasteiger partial charge in [0.1, 0.15) is 11.2 Å². The van der Waals surface area contributed by atoms with Crippen LogP contribution in [0.1, 0.15) is 0 Å². The van der Waals surface area contributed by atoms with Crippen LogP contribution in [0.15, 0.2) is 53.1 Å². The summed E-state index contributed by atoms with van der Waals surface area (Å²) in [6, 6.07) is 13.3. The van der Waals surface area contributed by atoms with Crippen LogP contribution < -0.4 is 5.73 Å². The van der Waals surface area contributed by atoms with Crippen LogP contribution in [-0.2, 0) is 0 Å². The highest BCUT2D eigenvalue weighted by molar-refractivity contribution is 6.33. The number of benzene rings is 2. The predicted molar refractivity (Wildman–Crippen MR) is 84.2 cm³/mol. The first kappa shape index (κ1) is 12.2. The molecule has 0 saturated carbocycles. The number of nitrogen functional groups attached to an aromatic ring is 1. The summed E-state index contributed by atoms with van der Waals surface area (Å²) in [5.74, 6) is 0.462. The quantitative estimate of drug-likeness (QED) is 0.532. The van der Waals surface area contributed by atoms with E-state index in [9.17, 15) is 0 Å². The second kappa shape index (κ2) is 4.46. The number of hydrogen-bond donors (Lipinski definition) is 1. The Morgan fingerprint density at radius 3 is 2.86 bits per heavy atom. The third kappa shape index (κ3) is 1.92. The zero-order chi connectivity index (χ0) is 14.4. The molecule has 102 valence electrons. The Balaban J connectivity index is 2.00. The molecule has 2 aromatic carbocycles. The number of rotatable bonds is 1. The van der Waals surface area contributed by atoms with Crippen LogP contribution in [-0.4, -0.2) is 9.97 Å². The molecule has 0 aliphatic carbocycles. The molecule has 0 spiro atoms. The van der Waals surface area contributed by atoms with Gasteiger partial charge in [-0.25, -0.2) is 4.98 Å². The lowest BCUT2D eigenvalue weighted by Gasteiger charge is -2.00. The first-order chi connectivity index (χ1) is 10.2. The number of anilines is 1. The van der Waals surface area contributed by atoms with E-state index in [1.807, 2.05) is 30.3 Å². The Hall–Kier alpha value is -2.59. The SMILES string of the molecule is Nc1cc2oc(-c3nccc4ccccc34)nc2cc1Cl. The summed E-state index contributed by atoms with van der Waals surface area (Å²) in [6.45, 7) is 0. The molecule has 0 radical (unpaired) electrons. The van der Waals surface area contributed by atoms with Gasteiger partial charge in [-0.2, -0.15) is 0 Å². The number of oxazole rings is 1. The van der Waals surface area contributed by atoms with Gasteiger partial charge in [-0.15, -0.1) is 0 Å². The molecule has 0 amide bonds. The molecule has 21 heavy (non-hydrogen) atoms. The van der Waals surface area contributed by atoms with Crippen molar-refractivity contribution < 1.29 is 4.42 Å². The maximum absolute atomic E-state index is 6.02. The van der Waals surface area contributed by atoms with Crippen LogP contribution in [0.25, 0.3) is 33.5 Å². The summed E-state index contributed by atoms with van der Waals surface area (Å²) in [5, 5.41) is 2.54. The molecule has 2 aromatic heterocycles. The second-order valence-electron chi connectivity index (χ2n) is 4.74. The van der Waals surface area contributed by atoms with E-state index in [4.69, 9.17) is 21.8 Å². The van der Waals surface area contributed by atoms with Crippen molar-refractivity contribution in [1.82, 2.24) is 9.97 Å². The molecule has 4 aromatic rings. The van der Waals surface area contributed by atoms with Crippen molar-refractivity contribution in [2.75, 3.05) is 5.73 Å². The van der Waals surface area contributed by atoms with E-state index in [1.54, 1.807) is 18.3 Å². The Bertz CT molecular complexity index is 934. The zero-order valence-electron chi connectivity index (χ0n) is 10.9. The van der Waals surface area contributed by atoms with Crippen molar-refractivity contribution in [2.24, 2.45) is 0 Å². The van der Waals surface area contributed by atoms with E-state index in [0.717, 1.165) is 10.8 Å². The largest absolute Gasteiger partial charge is 0.435 e. The number of aromatic nitrogens is 2. The highest BCUT2D eigenvalue weighted by Crippen LogP contribution is 2.31. The minimum atomic E-state index is 0.462. The van der Waals surface area contributed by atoms with Crippen LogP contribution in [0.3, 0.4) is 0 Å². The van der Waals surface area contributed by atoms with Gasteiger partial charge < -0.3 is 10.2 Å². The molecule has 0 atom stereocenters. The van der Waals surface area contributed by atoms with Gasteiger partial charge in [0.2, 0.25) is 5.89 Å². The summed E-state index contributed by atoms with van der Waals surface area (Å²) in [4.78, 5) is 8.86. The van der Waals surface area contributed by atoms with Crippen molar-refractivity contribution in [1.29, 1.82) is 0 Å².